The minimum absolute atomic E-state index is 0.0933. The lowest BCUT2D eigenvalue weighted by molar-refractivity contribution is 0.214. The first-order chi connectivity index (χ1) is 13.4. The van der Waals surface area contributed by atoms with Crippen LogP contribution in [0.2, 0.25) is 0 Å². The Balaban J connectivity index is 1.78. The van der Waals surface area contributed by atoms with Gasteiger partial charge in [-0.1, -0.05) is 54.5 Å². The summed E-state index contributed by atoms with van der Waals surface area (Å²) in [6.07, 6.45) is 3.43. The van der Waals surface area contributed by atoms with Crippen molar-refractivity contribution in [3.05, 3.63) is 45.6 Å². The Morgan fingerprint density at radius 1 is 1.18 bits per heavy atom. The number of aromatic amines is 1. The van der Waals surface area contributed by atoms with Gasteiger partial charge in [0.2, 0.25) is 9.84 Å². The fourth-order valence-corrected chi connectivity index (χ4v) is 5.47. The van der Waals surface area contributed by atoms with Gasteiger partial charge < -0.3 is 10.4 Å². The number of aliphatic hydroxyl groups is 1. The fraction of sp³-hybridized carbons (Fsp3) is 0.389. The fourth-order valence-electron chi connectivity index (χ4n) is 3.53. The molecule has 0 unspecified atom stereocenters. The Kier molecular flexibility index (Phi) is 4.94. The van der Waals surface area contributed by atoms with Gasteiger partial charge in [-0.3, -0.25) is 9.78 Å². The van der Waals surface area contributed by atoms with Crippen LogP contribution >= 0.6 is 11.3 Å². The van der Waals surface area contributed by atoms with Crippen LogP contribution in [0.25, 0.3) is 10.3 Å². The van der Waals surface area contributed by atoms with Crippen molar-refractivity contribution < 1.29 is 13.5 Å². The first kappa shape index (κ1) is 19.0. The van der Waals surface area contributed by atoms with E-state index in [0.29, 0.717) is 10.3 Å². The van der Waals surface area contributed by atoms with E-state index in [1.165, 1.54) is 0 Å². The molecule has 1 aliphatic carbocycles. The maximum absolute atomic E-state index is 12.9. The number of anilines is 1. The monoisotopic (exact) mass is 420 g/mol. The van der Waals surface area contributed by atoms with E-state index in [0.717, 1.165) is 37.0 Å². The topological polar surface area (TPSA) is 125 Å². The van der Waals surface area contributed by atoms with E-state index in [1.54, 1.807) is 24.3 Å². The van der Waals surface area contributed by atoms with Crippen molar-refractivity contribution in [2.45, 2.75) is 42.1 Å². The van der Waals surface area contributed by atoms with Crippen LogP contribution in [0.15, 0.2) is 40.3 Å². The molecule has 10 heteroatoms. The van der Waals surface area contributed by atoms with E-state index >= 15 is 0 Å². The van der Waals surface area contributed by atoms with Crippen LogP contribution in [0.4, 0.5) is 5.82 Å². The third-order valence-electron chi connectivity index (χ3n) is 4.98. The van der Waals surface area contributed by atoms with Crippen LogP contribution in [0, 0.1) is 0 Å². The van der Waals surface area contributed by atoms with Crippen molar-refractivity contribution in [1.29, 1.82) is 0 Å². The van der Waals surface area contributed by atoms with Crippen LogP contribution in [0.1, 0.15) is 31.2 Å². The standard InChI is InChI=1S/C18H20N4O4S2/c23-11-18(8-4-5-9-18)22-15-13-14(21-17(24)27-13)19-16(20-15)28(25,26)10-12-6-2-1-3-7-12/h1-3,6-7,23H,4-5,8-11H2,(H2,19,20,21,22,24). The number of thiazole rings is 1. The molecule has 0 saturated heterocycles. The number of aliphatic hydroxyl groups excluding tert-OH is 1. The van der Waals surface area contributed by atoms with Crippen molar-refractivity contribution in [3.63, 3.8) is 0 Å². The van der Waals surface area contributed by atoms with Crippen LogP contribution in [-0.4, -0.2) is 40.6 Å². The van der Waals surface area contributed by atoms with Gasteiger partial charge in [0.15, 0.2) is 11.5 Å². The zero-order valence-corrected chi connectivity index (χ0v) is 16.6. The molecule has 0 spiro atoms. The number of fused-ring (bicyclic) bond motifs is 1. The molecule has 1 fully saturated rings. The molecule has 0 amide bonds. The van der Waals surface area contributed by atoms with Crippen molar-refractivity contribution in [2.75, 3.05) is 11.9 Å². The minimum atomic E-state index is -3.82. The molecule has 148 valence electrons. The second-order valence-electron chi connectivity index (χ2n) is 7.06. The molecule has 4 rings (SSSR count). The molecule has 2 heterocycles. The predicted octanol–water partition coefficient (Wildman–Crippen LogP) is 2.07. The van der Waals surface area contributed by atoms with Gasteiger partial charge in [-0.15, -0.1) is 0 Å². The second-order valence-corrected chi connectivity index (χ2v) is 9.93. The van der Waals surface area contributed by atoms with Gasteiger partial charge in [0.1, 0.15) is 4.70 Å². The normalized spacial score (nSPS) is 16.5. The lowest BCUT2D eigenvalue weighted by atomic mass is 9.99. The van der Waals surface area contributed by atoms with Crippen LogP contribution in [0.5, 0.6) is 0 Å². The number of aromatic nitrogens is 3. The highest BCUT2D eigenvalue weighted by atomic mass is 32.2. The van der Waals surface area contributed by atoms with E-state index < -0.39 is 15.4 Å². The number of rotatable bonds is 6. The molecule has 0 bridgehead atoms. The van der Waals surface area contributed by atoms with Crippen LogP contribution in [-0.2, 0) is 15.6 Å². The zero-order chi connectivity index (χ0) is 19.8. The summed E-state index contributed by atoms with van der Waals surface area (Å²) in [4.78, 5) is 22.5. The largest absolute Gasteiger partial charge is 0.394 e. The highest BCUT2D eigenvalue weighted by Gasteiger charge is 2.35. The highest BCUT2D eigenvalue weighted by Crippen LogP contribution is 2.35. The van der Waals surface area contributed by atoms with E-state index in [1.807, 2.05) is 6.07 Å². The Hall–Kier alpha value is -2.30. The number of hydrogen-bond donors (Lipinski definition) is 3. The molecule has 0 atom stereocenters. The van der Waals surface area contributed by atoms with Gasteiger partial charge in [-0.2, -0.15) is 9.97 Å². The molecule has 28 heavy (non-hydrogen) atoms. The Bertz CT molecular complexity index is 1150. The summed E-state index contributed by atoms with van der Waals surface area (Å²) in [6, 6.07) is 8.79. The first-order valence-electron chi connectivity index (χ1n) is 8.97. The summed E-state index contributed by atoms with van der Waals surface area (Å²) in [7, 11) is -3.82. The lowest BCUT2D eigenvalue weighted by Gasteiger charge is -2.28. The number of nitrogens with zero attached hydrogens (tertiary/aromatic N) is 2. The van der Waals surface area contributed by atoms with Gasteiger partial charge in [0, 0.05) is 0 Å². The molecule has 0 radical (unpaired) electrons. The van der Waals surface area contributed by atoms with Crippen molar-refractivity contribution >= 4 is 37.3 Å². The number of H-pyrrole nitrogens is 1. The number of benzene rings is 1. The van der Waals surface area contributed by atoms with E-state index in [9.17, 15) is 18.3 Å². The van der Waals surface area contributed by atoms with Crippen LogP contribution in [0.3, 0.4) is 0 Å². The smallest absolute Gasteiger partial charge is 0.306 e. The molecule has 2 aromatic heterocycles. The molecular weight excluding hydrogens is 400 g/mol. The summed E-state index contributed by atoms with van der Waals surface area (Å²) in [5.74, 6) is 0.0362. The molecule has 3 aromatic rings. The molecule has 3 N–H and O–H groups in total. The van der Waals surface area contributed by atoms with E-state index in [2.05, 4.69) is 20.3 Å². The van der Waals surface area contributed by atoms with Crippen molar-refractivity contribution in [1.82, 2.24) is 15.0 Å². The molecule has 1 saturated carbocycles. The second kappa shape index (κ2) is 7.26. The molecule has 8 nitrogen and oxygen atoms in total. The lowest BCUT2D eigenvalue weighted by Crippen LogP contribution is -2.39. The maximum atomic E-state index is 12.9. The van der Waals surface area contributed by atoms with Gasteiger partial charge in [-0.05, 0) is 18.4 Å². The van der Waals surface area contributed by atoms with Crippen molar-refractivity contribution in [2.24, 2.45) is 0 Å². The zero-order valence-electron chi connectivity index (χ0n) is 15.0. The van der Waals surface area contributed by atoms with Crippen LogP contribution < -0.4 is 10.2 Å². The van der Waals surface area contributed by atoms with E-state index in [-0.39, 0.29) is 33.9 Å². The Labute approximate surface area is 165 Å². The quantitative estimate of drug-likeness (QED) is 0.521. The average molecular weight is 421 g/mol. The minimum Gasteiger partial charge on any atom is -0.394 e. The summed E-state index contributed by atoms with van der Waals surface area (Å²) in [5, 5.41) is 12.8. The number of nitrogens with one attached hydrogen (secondary N) is 2. The average Bonchev–Trinajstić information content (AvgIpc) is 3.28. The van der Waals surface area contributed by atoms with Gasteiger partial charge in [0.05, 0.1) is 17.9 Å². The first-order valence-corrected chi connectivity index (χ1v) is 11.4. The molecule has 0 aliphatic heterocycles. The van der Waals surface area contributed by atoms with E-state index in [4.69, 9.17) is 0 Å². The molecular formula is C18H20N4O4S2. The Morgan fingerprint density at radius 2 is 1.89 bits per heavy atom. The summed E-state index contributed by atoms with van der Waals surface area (Å²) in [6.45, 7) is -0.0933. The third kappa shape index (κ3) is 3.67. The number of hydrogen-bond acceptors (Lipinski definition) is 8. The summed E-state index contributed by atoms with van der Waals surface area (Å²) < 4.78 is 26.3. The molecule has 1 aliphatic rings. The van der Waals surface area contributed by atoms with Gasteiger partial charge >= 0.3 is 4.87 Å². The number of sulfone groups is 1. The highest BCUT2D eigenvalue weighted by molar-refractivity contribution is 7.90. The Morgan fingerprint density at radius 3 is 2.57 bits per heavy atom. The third-order valence-corrected chi connectivity index (χ3v) is 7.32. The molecule has 1 aromatic carbocycles. The maximum Gasteiger partial charge on any atom is 0.306 e. The summed E-state index contributed by atoms with van der Waals surface area (Å²) in [5.41, 5.74) is 0.252. The van der Waals surface area contributed by atoms with Crippen molar-refractivity contribution in [3.8, 4) is 0 Å². The SMILES string of the molecule is O=c1[nH]c2nc(S(=O)(=O)Cc3ccccc3)nc(NC3(CO)CCCC3)c2s1. The van der Waals surface area contributed by atoms with Gasteiger partial charge in [-0.25, -0.2) is 8.42 Å². The van der Waals surface area contributed by atoms with Gasteiger partial charge in [0.25, 0.3) is 5.16 Å². The summed E-state index contributed by atoms with van der Waals surface area (Å²) >= 11 is 0.920. The predicted molar refractivity (Wildman–Crippen MR) is 107 cm³/mol.